The summed E-state index contributed by atoms with van der Waals surface area (Å²) in [5, 5.41) is 3.03. The highest BCUT2D eigenvalue weighted by molar-refractivity contribution is 5.95. The number of aryl methyl sites for hydroxylation is 1. The monoisotopic (exact) mass is 282 g/mol. The summed E-state index contributed by atoms with van der Waals surface area (Å²) >= 11 is 0. The van der Waals surface area contributed by atoms with Crippen LogP contribution in [0.3, 0.4) is 0 Å². The van der Waals surface area contributed by atoms with Gasteiger partial charge in [-0.25, -0.2) is 0 Å². The van der Waals surface area contributed by atoms with Crippen molar-refractivity contribution < 1.29 is 4.79 Å². The van der Waals surface area contributed by atoms with Crippen molar-refractivity contribution in [3.05, 3.63) is 54.1 Å². The van der Waals surface area contributed by atoms with Crippen LogP contribution in [0.2, 0.25) is 0 Å². The molecule has 1 N–H and O–H groups in total. The maximum atomic E-state index is 12.0. The summed E-state index contributed by atoms with van der Waals surface area (Å²) in [5.41, 5.74) is 4.23. The minimum Gasteiger partial charge on any atom is -0.325 e. The molecular formula is C18H22N2O. The van der Waals surface area contributed by atoms with E-state index in [4.69, 9.17) is 0 Å². The summed E-state index contributed by atoms with van der Waals surface area (Å²) in [6, 6.07) is 16.2. The number of nitrogens with zero attached hydrogens (tertiary/aromatic N) is 1. The van der Waals surface area contributed by atoms with Gasteiger partial charge in [-0.1, -0.05) is 42.0 Å². The number of benzene rings is 2. The van der Waals surface area contributed by atoms with Crippen molar-refractivity contribution in [2.45, 2.75) is 13.3 Å². The molecule has 0 saturated carbocycles. The third-order valence-electron chi connectivity index (χ3n) is 3.32. The van der Waals surface area contributed by atoms with Gasteiger partial charge in [0, 0.05) is 24.2 Å². The molecule has 2 aromatic carbocycles. The minimum atomic E-state index is 0.0461. The molecule has 110 valence electrons. The summed E-state index contributed by atoms with van der Waals surface area (Å²) in [4.78, 5) is 14.1. The van der Waals surface area contributed by atoms with Crippen molar-refractivity contribution in [1.29, 1.82) is 0 Å². The minimum absolute atomic E-state index is 0.0461. The second-order valence-corrected chi connectivity index (χ2v) is 5.52. The van der Waals surface area contributed by atoms with Crippen molar-refractivity contribution in [1.82, 2.24) is 4.90 Å². The molecule has 0 unspecified atom stereocenters. The molecule has 0 atom stereocenters. The third-order valence-corrected chi connectivity index (χ3v) is 3.32. The average molecular weight is 282 g/mol. The molecule has 0 aliphatic carbocycles. The molecule has 0 aromatic heterocycles. The summed E-state index contributed by atoms with van der Waals surface area (Å²) in [7, 11) is 3.93. The van der Waals surface area contributed by atoms with Crippen molar-refractivity contribution in [2.75, 3.05) is 26.0 Å². The summed E-state index contributed by atoms with van der Waals surface area (Å²) in [6.07, 6.45) is 0.495. The molecule has 21 heavy (non-hydrogen) atoms. The number of carbonyl (C=O) groups excluding carboxylic acids is 1. The Morgan fingerprint density at radius 1 is 1.10 bits per heavy atom. The normalized spacial score (nSPS) is 10.7. The van der Waals surface area contributed by atoms with E-state index < -0.39 is 0 Å². The molecule has 0 radical (unpaired) electrons. The summed E-state index contributed by atoms with van der Waals surface area (Å²) < 4.78 is 0. The maximum Gasteiger partial charge on any atom is 0.225 e. The zero-order valence-corrected chi connectivity index (χ0v) is 12.9. The zero-order chi connectivity index (χ0) is 15.2. The van der Waals surface area contributed by atoms with Gasteiger partial charge in [-0.15, -0.1) is 0 Å². The number of amides is 1. The number of hydrogen-bond acceptors (Lipinski definition) is 2. The fourth-order valence-electron chi connectivity index (χ4n) is 2.16. The first-order valence-electron chi connectivity index (χ1n) is 7.17. The van der Waals surface area contributed by atoms with Crippen LogP contribution < -0.4 is 5.32 Å². The molecule has 0 fully saturated rings. The Morgan fingerprint density at radius 2 is 1.81 bits per heavy atom. The Kier molecular flexibility index (Phi) is 5.12. The van der Waals surface area contributed by atoms with E-state index >= 15 is 0 Å². The van der Waals surface area contributed by atoms with Gasteiger partial charge in [0.05, 0.1) is 0 Å². The predicted octanol–water partition coefficient (Wildman–Crippen LogP) is 3.55. The van der Waals surface area contributed by atoms with E-state index in [0.717, 1.165) is 23.4 Å². The largest absolute Gasteiger partial charge is 0.325 e. The summed E-state index contributed by atoms with van der Waals surface area (Å²) in [5.74, 6) is 0.0461. The highest BCUT2D eigenvalue weighted by Crippen LogP contribution is 2.29. The van der Waals surface area contributed by atoms with Crippen LogP contribution >= 0.6 is 0 Å². The molecule has 0 aliphatic heterocycles. The van der Waals surface area contributed by atoms with Crippen molar-refractivity contribution in [3.8, 4) is 11.1 Å². The Hall–Kier alpha value is -2.13. The van der Waals surface area contributed by atoms with Gasteiger partial charge >= 0.3 is 0 Å². The van der Waals surface area contributed by atoms with Gasteiger partial charge in [-0.2, -0.15) is 0 Å². The Morgan fingerprint density at radius 3 is 2.48 bits per heavy atom. The van der Waals surface area contributed by atoms with Crippen molar-refractivity contribution in [2.24, 2.45) is 0 Å². The fraction of sp³-hybridized carbons (Fsp3) is 0.278. The smallest absolute Gasteiger partial charge is 0.225 e. The lowest BCUT2D eigenvalue weighted by molar-refractivity contribution is -0.116. The lowest BCUT2D eigenvalue weighted by Crippen LogP contribution is -2.21. The van der Waals surface area contributed by atoms with Crippen LogP contribution in [0.15, 0.2) is 48.5 Å². The van der Waals surface area contributed by atoms with E-state index in [9.17, 15) is 4.79 Å². The van der Waals surface area contributed by atoms with Gasteiger partial charge in [0.1, 0.15) is 0 Å². The molecule has 0 saturated heterocycles. The Bertz CT molecular complexity index is 606. The number of anilines is 1. The van der Waals surface area contributed by atoms with Gasteiger partial charge in [0.25, 0.3) is 0 Å². The van der Waals surface area contributed by atoms with Crippen LogP contribution in [0.25, 0.3) is 11.1 Å². The van der Waals surface area contributed by atoms with Crippen LogP contribution in [0.1, 0.15) is 12.0 Å². The SMILES string of the molecule is Cc1ccc(NC(=O)CCN(C)C)c(-c2ccccc2)c1. The standard InChI is InChI=1S/C18H22N2O/c1-14-9-10-17(19-18(21)11-12-20(2)3)16(13-14)15-7-5-4-6-8-15/h4-10,13H,11-12H2,1-3H3,(H,19,21). The van der Waals surface area contributed by atoms with Gasteiger partial charge in [-0.05, 0) is 38.7 Å². The molecular weight excluding hydrogens is 260 g/mol. The molecule has 0 spiro atoms. The van der Waals surface area contributed by atoms with Gasteiger partial charge in [0.2, 0.25) is 5.91 Å². The molecule has 0 bridgehead atoms. The molecule has 0 heterocycles. The Labute approximate surface area is 126 Å². The first-order chi connectivity index (χ1) is 10.1. The van der Waals surface area contributed by atoms with Gasteiger partial charge < -0.3 is 10.2 Å². The van der Waals surface area contributed by atoms with E-state index in [1.807, 2.05) is 49.3 Å². The molecule has 3 nitrogen and oxygen atoms in total. The topological polar surface area (TPSA) is 32.3 Å². The fourth-order valence-corrected chi connectivity index (χ4v) is 2.16. The quantitative estimate of drug-likeness (QED) is 0.909. The van der Waals surface area contributed by atoms with Crippen LogP contribution in [0.5, 0.6) is 0 Å². The van der Waals surface area contributed by atoms with Crippen LogP contribution in [0.4, 0.5) is 5.69 Å². The number of rotatable bonds is 5. The van der Waals surface area contributed by atoms with Gasteiger partial charge in [-0.3, -0.25) is 4.79 Å². The highest BCUT2D eigenvalue weighted by Gasteiger charge is 2.09. The van der Waals surface area contributed by atoms with Crippen LogP contribution in [0, 0.1) is 6.92 Å². The van der Waals surface area contributed by atoms with E-state index in [2.05, 4.69) is 30.4 Å². The van der Waals surface area contributed by atoms with Crippen molar-refractivity contribution in [3.63, 3.8) is 0 Å². The highest BCUT2D eigenvalue weighted by atomic mass is 16.1. The first kappa shape index (κ1) is 15.3. The molecule has 2 aromatic rings. The lowest BCUT2D eigenvalue weighted by Gasteiger charge is -2.14. The van der Waals surface area contributed by atoms with Crippen LogP contribution in [-0.2, 0) is 4.79 Å². The van der Waals surface area contributed by atoms with E-state index in [-0.39, 0.29) is 5.91 Å². The molecule has 3 heteroatoms. The third kappa shape index (κ3) is 4.43. The second-order valence-electron chi connectivity index (χ2n) is 5.52. The number of carbonyl (C=O) groups is 1. The van der Waals surface area contributed by atoms with Crippen LogP contribution in [-0.4, -0.2) is 31.4 Å². The maximum absolute atomic E-state index is 12.0. The molecule has 2 rings (SSSR count). The van der Waals surface area contributed by atoms with E-state index in [1.165, 1.54) is 5.56 Å². The predicted molar refractivity (Wildman–Crippen MR) is 88.4 cm³/mol. The Balaban J connectivity index is 2.22. The summed E-state index contributed by atoms with van der Waals surface area (Å²) in [6.45, 7) is 2.81. The number of nitrogens with one attached hydrogen (secondary N) is 1. The van der Waals surface area contributed by atoms with E-state index in [0.29, 0.717) is 6.42 Å². The number of hydrogen-bond donors (Lipinski definition) is 1. The first-order valence-corrected chi connectivity index (χ1v) is 7.17. The molecule has 1 amide bonds. The molecule has 0 aliphatic rings. The second kappa shape index (κ2) is 7.04. The van der Waals surface area contributed by atoms with E-state index in [1.54, 1.807) is 0 Å². The van der Waals surface area contributed by atoms with Gasteiger partial charge in [0.15, 0.2) is 0 Å². The lowest BCUT2D eigenvalue weighted by atomic mass is 10.0. The average Bonchev–Trinajstić information content (AvgIpc) is 2.48. The van der Waals surface area contributed by atoms with Crippen molar-refractivity contribution >= 4 is 11.6 Å². The zero-order valence-electron chi connectivity index (χ0n) is 12.9.